The summed E-state index contributed by atoms with van der Waals surface area (Å²) in [6.07, 6.45) is -3.94. The Morgan fingerprint density at radius 3 is 2.20 bits per heavy atom. The molecule has 0 radical (unpaired) electrons. The Kier molecular flexibility index (Phi) is 4.32. The molecule has 0 saturated heterocycles. The quantitative estimate of drug-likeness (QED) is 0.700. The van der Waals surface area contributed by atoms with Crippen molar-refractivity contribution in [1.29, 1.82) is 0 Å². The molecule has 2 unspecified atom stereocenters. The molecule has 0 aliphatic rings. The van der Waals surface area contributed by atoms with Gasteiger partial charge in [-0.1, -0.05) is 13.0 Å². The van der Waals surface area contributed by atoms with E-state index in [0.717, 1.165) is 6.08 Å². The normalized spacial score (nSPS) is 15.2. The lowest BCUT2D eigenvalue weighted by Crippen LogP contribution is -2.49. The summed E-state index contributed by atoms with van der Waals surface area (Å²) in [7, 11) is 0. The largest absolute Gasteiger partial charge is 0.480 e. The second-order valence-electron chi connectivity index (χ2n) is 2.88. The van der Waals surface area contributed by atoms with E-state index in [1.165, 1.54) is 12.2 Å². The Bertz CT molecular complexity index is 275. The average Bonchev–Trinajstić information content (AvgIpc) is 2.10. The Hall–Kier alpha value is -1.53. The Morgan fingerprint density at radius 2 is 1.93 bits per heavy atom. The fraction of sp³-hybridized carbons (Fsp3) is 0.500. The van der Waals surface area contributed by atoms with Crippen molar-refractivity contribution in [3.8, 4) is 0 Å². The molecule has 0 aromatic carbocycles. The number of aliphatic carboxylic acids is 1. The maximum absolute atomic E-state index is 11.8. The number of hydrogen-bond acceptors (Lipinski definition) is 2. The number of carbonyl (C=O) groups excluding carboxylic acids is 1. The zero-order valence-corrected chi connectivity index (χ0v) is 7.84. The van der Waals surface area contributed by atoms with Gasteiger partial charge in [0.2, 0.25) is 0 Å². The fourth-order valence-corrected chi connectivity index (χ4v) is 0.777. The molecule has 0 aliphatic heterocycles. The van der Waals surface area contributed by atoms with Gasteiger partial charge in [0.1, 0.15) is 6.04 Å². The third kappa shape index (κ3) is 4.01. The van der Waals surface area contributed by atoms with Gasteiger partial charge in [-0.2, -0.15) is 13.2 Å². The number of nitrogens with one attached hydrogen (secondary N) is 1. The highest BCUT2D eigenvalue weighted by Crippen LogP contribution is 2.16. The Morgan fingerprint density at radius 1 is 1.47 bits per heavy atom. The van der Waals surface area contributed by atoms with E-state index >= 15 is 0 Å². The molecule has 86 valence electrons. The maximum Gasteiger partial charge on any atom is 0.471 e. The van der Waals surface area contributed by atoms with E-state index in [1.807, 2.05) is 0 Å². The van der Waals surface area contributed by atoms with Crippen molar-refractivity contribution in [2.24, 2.45) is 5.92 Å². The first-order chi connectivity index (χ1) is 6.70. The van der Waals surface area contributed by atoms with E-state index in [4.69, 9.17) is 5.11 Å². The number of rotatable bonds is 4. The van der Waals surface area contributed by atoms with Gasteiger partial charge < -0.3 is 10.4 Å². The third-order valence-electron chi connectivity index (χ3n) is 1.71. The minimum Gasteiger partial charge on any atom is -0.480 e. The van der Waals surface area contributed by atoms with Gasteiger partial charge in [0.15, 0.2) is 0 Å². The van der Waals surface area contributed by atoms with Crippen LogP contribution in [0.4, 0.5) is 13.2 Å². The zero-order chi connectivity index (χ0) is 12.2. The van der Waals surface area contributed by atoms with Crippen LogP contribution in [-0.4, -0.2) is 29.2 Å². The first-order valence-electron chi connectivity index (χ1n) is 3.93. The smallest absolute Gasteiger partial charge is 0.471 e. The van der Waals surface area contributed by atoms with Crippen LogP contribution in [0, 0.1) is 5.92 Å². The summed E-state index contributed by atoms with van der Waals surface area (Å²) in [4.78, 5) is 21.0. The van der Waals surface area contributed by atoms with Crippen molar-refractivity contribution in [3.63, 3.8) is 0 Å². The van der Waals surface area contributed by atoms with Crippen molar-refractivity contribution >= 4 is 11.9 Å². The van der Waals surface area contributed by atoms with Gasteiger partial charge in [0.25, 0.3) is 0 Å². The van der Waals surface area contributed by atoms with Crippen LogP contribution < -0.4 is 5.32 Å². The summed E-state index contributed by atoms with van der Waals surface area (Å²) in [6, 6.07) is -1.63. The molecule has 0 aliphatic carbocycles. The van der Waals surface area contributed by atoms with Crippen molar-refractivity contribution in [2.75, 3.05) is 0 Å². The summed E-state index contributed by atoms with van der Waals surface area (Å²) >= 11 is 0. The van der Waals surface area contributed by atoms with Gasteiger partial charge in [0, 0.05) is 5.92 Å². The van der Waals surface area contributed by atoms with Crippen molar-refractivity contribution in [2.45, 2.75) is 19.1 Å². The third-order valence-corrected chi connectivity index (χ3v) is 1.71. The molecule has 0 aromatic rings. The molecule has 0 aromatic heterocycles. The first kappa shape index (κ1) is 13.5. The second-order valence-corrected chi connectivity index (χ2v) is 2.88. The highest BCUT2D eigenvalue weighted by molar-refractivity contribution is 5.87. The molecule has 4 nitrogen and oxygen atoms in total. The van der Waals surface area contributed by atoms with Gasteiger partial charge in [-0.25, -0.2) is 4.79 Å². The lowest BCUT2D eigenvalue weighted by atomic mass is 10.0. The summed E-state index contributed by atoms with van der Waals surface area (Å²) in [6.45, 7) is 4.57. The monoisotopic (exact) mass is 225 g/mol. The van der Waals surface area contributed by atoms with Crippen molar-refractivity contribution in [1.82, 2.24) is 5.32 Å². The zero-order valence-electron chi connectivity index (χ0n) is 7.84. The standard InChI is InChI=1S/C8H10F3NO3/c1-3-4(2)5(6(13)14)12-7(15)8(9,10)11/h3-5H,1H2,2H3,(H,12,15)(H,13,14). The van der Waals surface area contributed by atoms with Crippen LogP contribution in [0.2, 0.25) is 0 Å². The van der Waals surface area contributed by atoms with Gasteiger partial charge >= 0.3 is 18.1 Å². The topological polar surface area (TPSA) is 66.4 Å². The van der Waals surface area contributed by atoms with E-state index in [1.54, 1.807) is 0 Å². The molecule has 2 N–H and O–H groups in total. The number of alkyl halides is 3. The number of carbonyl (C=O) groups is 2. The van der Waals surface area contributed by atoms with E-state index in [0.29, 0.717) is 0 Å². The van der Waals surface area contributed by atoms with E-state index in [2.05, 4.69) is 6.58 Å². The van der Waals surface area contributed by atoms with Crippen LogP contribution >= 0.6 is 0 Å². The van der Waals surface area contributed by atoms with Crippen LogP contribution in [0.1, 0.15) is 6.92 Å². The number of amides is 1. The van der Waals surface area contributed by atoms with E-state index in [9.17, 15) is 22.8 Å². The maximum atomic E-state index is 11.8. The fourth-order valence-electron chi connectivity index (χ4n) is 0.777. The molecule has 15 heavy (non-hydrogen) atoms. The lowest BCUT2D eigenvalue weighted by molar-refractivity contribution is -0.175. The van der Waals surface area contributed by atoms with Gasteiger partial charge in [-0.15, -0.1) is 6.58 Å². The van der Waals surface area contributed by atoms with Crippen molar-refractivity contribution in [3.05, 3.63) is 12.7 Å². The van der Waals surface area contributed by atoms with Crippen LogP contribution in [0.5, 0.6) is 0 Å². The minimum atomic E-state index is -5.09. The van der Waals surface area contributed by atoms with Crippen LogP contribution in [0.15, 0.2) is 12.7 Å². The number of carboxylic acid groups (broad SMARTS) is 1. The second kappa shape index (κ2) is 4.81. The summed E-state index contributed by atoms with van der Waals surface area (Å²) in [5.74, 6) is -4.61. The van der Waals surface area contributed by atoms with Crippen LogP contribution in [0.25, 0.3) is 0 Å². The van der Waals surface area contributed by atoms with Gasteiger partial charge in [-0.3, -0.25) is 4.79 Å². The SMILES string of the molecule is C=CC(C)C(NC(=O)C(F)(F)F)C(=O)O. The first-order valence-corrected chi connectivity index (χ1v) is 3.93. The van der Waals surface area contributed by atoms with Crippen LogP contribution in [0.3, 0.4) is 0 Å². The predicted octanol–water partition coefficient (Wildman–Crippen LogP) is 0.940. The molecule has 0 rings (SSSR count). The summed E-state index contributed by atoms with van der Waals surface area (Å²) in [5.41, 5.74) is 0. The van der Waals surface area contributed by atoms with Gasteiger partial charge in [-0.05, 0) is 0 Å². The number of halogens is 3. The average molecular weight is 225 g/mol. The molecule has 0 fully saturated rings. The summed E-state index contributed by atoms with van der Waals surface area (Å²) < 4.78 is 35.4. The Balaban J connectivity index is 4.64. The predicted molar refractivity (Wildman–Crippen MR) is 45.0 cm³/mol. The molecule has 0 saturated carbocycles. The molecule has 0 spiro atoms. The van der Waals surface area contributed by atoms with Crippen molar-refractivity contribution < 1.29 is 27.9 Å². The molecular formula is C8H10F3NO3. The van der Waals surface area contributed by atoms with Crippen LogP contribution in [-0.2, 0) is 9.59 Å². The minimum absolute atomic E-state index is 0.797. The van der Waals surface area contributed by atoms with Gasteiger partial charge in [0.05, 0.1) is 0 Å². The molecule has 1 amide bonds. The molecular weight excluding hydrogens is 215 g/mol. The Labute approximate surface area is 83.8 Å². The molecule has 0 heterocycles. The summed E-state index contributed by atoms with van der Waals surface area (Å²) in [5, 5.41) is 9.93. The molecule has 0 bridgehead atoms. The lowest BCUT2D eigenvalue weighted by Gasteiger charge is -2.19. The van der Waals surface area contributed by atoms with E-state index in [-0.39, 0.29) is 0 Å². The number of carboxylic acids is 1. The molecule has 7 heteroatoms. The highest BCUT2D eigenvalue weighted by Gasteiger charge is 2.41. The molecule has 2 atom stereocenters. The number of hydrogen-bond donors (Lipinski definition) is 2. The highest BCUT2D eigenvalue weighted by atomic mass is 19.4. The van der Waals surface area contributed by atoms with E-state index < -0.39 is 30.0 Å².